The molecule has 0 aromatic rings. The highest BCUT2D eigenvalue weighted by molar-refractivity contribution is 5.32. The first kappa shape index (κ1) is 9.27. The molecule has 0 rings (SSSR count). The lowest BCUT2D eigenvalue weighted by Crippen LogP contribution is -3.00. The van der Waals surface area contributed by atoms with Gasteiger partial charge in [-0.15, -0.1) is 4.67 Å². The monoisotopic (exact) mass is 77.0 g/mol. The van der Waals surface area contributed by atoms with Crippen molar-refractivity contribution in [2.24, 2.45) is 0 Å². The van der Waals surface area contributed by atoms with E-state index in [4.69, 9.17) is 0 Å². The molecule has 0 fully saturated rings. The van der Waals surface area contributed by atoms with Crippen LogP contribution in [0.1, 0.15) is 0 Å². The molecule has 0 bridgehead atoms. The molecule has 0 radical (unpaired) electrons. The van der Waals surface area contributed by atoms with Crippen molar-refractivity contribution in [3.05, 3.63) is 0 Å². The van der Waals surface area contributed by atoms with Gasteiger partial charge in [-0.3, -0.25) is 0 Å². The third kappa shape index (κ3) is 14.1. The molecule has 4 heavy (non-hydrogen) atoms. The highest BCUT2D eigenvalue weighted by Gasteiger charge is 1.09. The van der Waals surface area contributed by atoms with Crippen LogP contribution in [0.2, 0.25) is 0 Å². The van der Waals surface area contributed by atoms with E-state index in [-0.39, 0.29) is 12.4 Å². The maximum absolute atomic E-state index is 3.00. The Labute approximate surface area is 31.5 Å². The molecule has 0 aliphatic heterocycles. The van der Waals surface area contributed by atoms with E-state index in [1.165, 1.54) is 0 Å². The molecule has 0 atom stereocenters. The zero-order valence-corrected chi connectivity index (χ0v) is 3.00. The van der Waals surface area contributed by atoms with E-state index in [1.807, 2.05) is 0 Å². The van der Waals surface area contributed by atoms with Crippen LogP contribution >= 0.6 is 0 Å². The summed E-state index contributed by atoms with van der Waals surface area (Å²) in [6, 6.07) is 0. The molecule has 0 saturated heterocycles. The number of nitrogens with zero attached hydrogens (tertiary/aromatic N) is 1. The summed E-state index contributed by atoms with van der Waals surface area (Å²) in [5.41, 5.74) is 0. The molecule has 0 aromatic heterocycles. The molecule has 0 aromatic carbocycles. The molecule has 0 unspecified atom stereocenters. The first-order valence-corrected chi connectivity index (χ1v) is 0.632. The van der Waals surface area contributed by atoms with Gasteiger partial charge in [0, 0.05) is 0 Å². The molecule has 24 valence electrons. The van der Waals surface area contributed by atoms with Gasteiger partial charge in [-0.05, 0) is 0 Å². The van der Waals surface area contributed by atoms with Crippen molar-refractivity contribution in [3.8, 4) is 0 Å². The summed E-state index contributed by atoms with van der Waals surface area (Å²) in [7, 11) is 0. The first-order valence-electron chi connectivity index (χ1n) is 0.632. The molecule has 1 nitrogen and oxygen atoms in total. The van der Waals surface area contributed by atoms with Crippen LogP contribution in [-0.2, 0) is 0 Å². The summed E-state index contributed by atoms with van der Waals surface area (Å²) in [5, 5.41) is 0. The highest BCUT2D eigenvalue weighted by Crippen LogP contribution is 0.626. The summed E-state index contributed by atoms with van der Waals surface area (Å²) in [4.78, 5) is 0. The lowest BCUT2D eigenvalue weighted by Gasteiger charge is -1.00. The number of halogens is 1. The predicted molar refractivity (Wildman–Crippen MR) is 16.4 cm³/mol. The lowest BCUT2D eigenvalue weighted by atomic mass is 11.6. The normalized spacial score (nSPS) is 2.00. The summed E-state index contributed by atoms with van der Waals surface area (Å²) in [5.74, 6) is 0. The molecular formula is C2H4ClN. The summed E-state index contributed by atoms with van der Waals surface area (Å²) in [6.45, 7) is 6.00. The molecular weight excluding hydrogens is 73.5 g/mol. The topological polar surface area (TPSA) is 14.1 Å². The van der Waals surface area contributed by atoms with Gasteiger partial charge in [-0.1, -0.05) is 0 Å². The van der Waals surface area contributed by atoms with E-state index in [1.54, 1.807) is 0 Å². The van der Waals surface area contributed by atoms with Crippen molar-refractivity contribution < 1.29 is 12.4 Å². The van der Waals surface area contributed by atoms with Gasteiger partial charge in [-0.25, -0.2) is 0 Å². The second kappa shape index (κ2) is 15.1. The fraction of sp³-hybridized carbons (Fsp3) is 0. The van der Waals surface area contributed by atoms with Gasteiger partial charge in [0.2, 0.25) is 0 Å². The average molecular weight is 77.5 g/mol. The first-order chi connectivity index (χ1) is 1.41. The molecule has 0 aliphatic carbocycles. The van der Waals surface area contributed by atoms with E-state index < -0.39 is 0 Å². The Morgan fingerprint density at radius 1 is 1.25 bits per heavy atom. The summed E-state index contributed by atoms with van der Waals surface area (Å²) in [6.07, 6.45) is 0. The van der Waals surface area contributed by atoms with Gasteiger partial charge in [0.1, 0.15) is 0 Å². The zero-order valence-electron chi connectivity index (χ0n) is 2.24. The number of hydrogen-bond acceptors (Lipinski definition) is 0. The molecule has 0 spiro atoms. The lowest BCUT2D eigenvalue weighted by molar-refractivity contribution is -0.000000666. The van der Waals surface area contributed by atoms with Crippen molar-refractivity contribution in [1.29, 1.82) is 0 Å². The highest BCUT2D eigenvalue weighted by atomic mass is 35.5. The Morgan fingerprint density at radius 3 is 1.25 bits per heavy atom. The quantitative estimate of drug-likeness (QED) is 0.210. The molecule has 0 heterocycles. The number of rotatable bonds is 0. The Hall–Kier alpha value is -0.260. The van der Waals surface area contributed by atoms with Crippen molar-refractivity contribution in [1.82, 2.24) is 4.67 Å². The van der Waals surface area contributed by atoms with Crippen molar-refractivity contribution in [2.45, 2.75) is 0 Å². The Kier molecular flexibility index (Phi) is 35.1. The fourth-order valence-electron chi connectivity index (χ4n) is 0. The minimum Gasteiger partial charge on any atom is -1.00 e. The van der Waals surface area contributed by atoms with Crippen LogP contribution in [0.5, 0.6) is 0 Å². The van der Waals surface area contributed by atoms with E-state index in [0.29, 0.717) is 0 Å². The van der Waals surface area contributed by atoms with Gasteiger partial charge < -0.3 is 12.4 Å². The van der Waals surface area contributed by atoms with Crippen LogP contribution in [0, 0.1) is 0 Å². The maximum atomic E-state index is 3.00. The zero-order chi connectivity index (χ0) is 2.71. The van der Waals surface area contributed by atoms with Crippen molar-refractivity contribution in [2.75, 3.05) is 0 Å². The fourth-order valence-corrected chi connectivity index (χ4v) is 0. The van der Waals surface area contributed by atoms with Gasteiger partial charge >= 0.3 is 0 Å². The van der Waals surface area contributed by atoms with E-state index in [2.05, 4.69) is 18.1 Å². The minimum absolute atomic E-state index is 0. The van der Waals surface area contributed by atoms with Crippen LogP contribution in [0.4, 0.5) is 0 Å². The van der Waals surface area contributed by atoms with E-state index in [0.717, 1.165) is 0 Å². The minimum atomic E-state index is 0. The van der Waals surface area contributed by atoms with Gasteiger partial charge in [0.05, 0.1) is 0 Å². The number of hydrogen-bond donors (Lipinski definition) is 0. The SMILES string of the molecule is C=[N+]=C.[Cl-]. The maximum Gasteiger partial charge on any atom is 0.256 e. The Bertz CT molecular complexity index is 27.0. The average Bonchev–Trinajstić information content (AvgIpc) is 0.918. The summed E-state index contributed by atoms with van der Waals surface area (Å²) < 4.78 is 3.00. The van der Waals surface area contributed by atoms with E-state index >= 15 is 0 Å². The Balaban J connectivity index is 0. The molecule has 0 N–H and O–H groups in total. The Morgan fingerprint density at radius 2 is 1.25 bits per heavy atom. The van der Waals surface area contributed by atoms with Crippen molar-refractivity contribution in [3.63, 3.8) is 0 Å². The third-order valence-electron chi connectivity index (χ3n) is 0. The van der Waals surface area contributed by atoms with Crippen LogP contribution in [-0.4, -0.2) is 13.4 Å². The summed E-state index contributed by atoms with van der Waals surface area (Å²) >= 11 is 0. The molecule has 2 heteroatoms. The molecule has 0 aliphatic rings. The predicted octanol–water partition coefficient (Wildman–Crippen LogP) is -3.54. The van der Waals surface area contributed by atoms with Gasteiger partial charge in [0.15, 0.2) is 0 Å². The largest absolute Gasteiger partial charge is 1.00 e. The van der Waals surface area contributed by atoms with Crippen LogP contribution in [0.25, 0.3) is 0 Å². The van der Waals surface area contributed by atoms with Gasteiger partial charge in [0.25, 0.3) is 13.4 Å². The second-order valence-corrected chi connectivity index (χ2v) is 0.224. The van der Waals surface area contributed by atoms with Gasteiger partial charge in [-0.2, -0.15) is 0 Å². The van der Waals surface area contributed by atoms with E-state index in [9.17, 15) is 0 Å². The standard InChI is InChI=1S/C2H4N.ClH/c1-3-2;/h1-2H2;1H/q+1;/p-1. The second-order valence-electron chi connectivity index (χ2n) is 0.224. The molecule has 0 amide bonds. The molecule has 0 saturated carbocycles. The smallest absolute Gasteiger partial charge is 0.256 e. The third-order valence-corrected chi connectivity index (χ3v) is 0. The van der Waals surface area contributed by atoms with Crippen LogP contribution in [0.15, 0.2) is 0 Å². The van der Waals surface area contributed by atoms with Crippen LogP contribution in [0.3, 0.4) is 0 Å². The van der Waals surface area contributed by atoms with Crippen LogP contribution < -0.4 is 17.1 Å². The van der Waals surface area contributed by atoms with Crippen molar-refractivity contribution >= 4 is 13.4 Å².